The molecule has 0 radical (unpaired) electrons. The number of amides is 7. The van der Waals surface area contributed by atoms with Crippen LogP contribution in [0.25, 0.3) is 5.32 Å². The van der Waals surface area contributed by atoms with Gasteiger partial charge in [-0.15, -0.1) is 0 Å². The fourth-order valence-electron chi connectivity index (χ4n) is 7.25. The number of hydrogen-bond acceptors (Lipinski definition) is 21. The van der Waals surface area contributed by atoms with Crippen molar-refractivity contribution in [3.05, 3.63) is 95.2 Å². The summed E-state index contributed by atoms with van der Waals surface area (Å²) in [4.78, 5) is 125. The second kappa shape index (κ2) is 40.2. The number of carboxylic acid groups (broad SMARTS) is 2. The Kier molecular flexibility index (Phi) is 34.5. The van der Waals surface area contributed by atoms with E-state index in [2.05, 4.69) is 66.0 Å². The van der Waals surface area contributed by atoms with Crippen LogP contribution in [0.15, 0.2) is 83.3 Å². The number of guanidine groups is 1. The number of carboxylic acids is 2. The average molecular weight is 1300 g/mol. The van der Waals surface area contributed by atoms with E-state index in [0.717, 1.165) is 0 Å². The van der Waals surface area contributed by atoms with E-state index in [1.54, 1.807) is 55.1 Å². The Labute approximate surface area is 501 Å². The first-order valence-electron chi connectivity index (χ1n) is 26.2. The number of nitrogens with zero attached hydrogens (tertiary/aromatic N) is 6. The summed E-state index contributed by atoms with van der Waals surface area (Å²) in [5.74, 6) is -7.36. The van der Waals surface area contributed by atoms with Gasteiger partial charge < -0.3 is 99.8 Å². The molecule has 4 rings (SSSR count). The standard InChI is InChI=1S/C33H43N12O8.C12H18N2O6.C6H12NO5.Tc/c34-33(35)38-14-6-10-21-29(50)40-18-26(46)41-24(16-27(47)48)32(53)44-23(15-19-7-2-1-3-8-19)31(52)43-22(30(51)42-21)9-4-5-13-37-28(49)20-11-12-25(45-36)39-17-20;15-6-9(17)11(19)10(18)8(16)5-14-12(20)7-1-3-13-4-2-7;8-2-6(3-9,4-10)7-1-5(11)12;/h1-3,7-8,11-12,17,21-24H,4-6,9-10,13-16,18H2,(H,37,49)(H,40,50)(H,41,46)(H,42,51)(H,43,52)(H,44,53)(H,47,48)(H4,34,35,38);1-4,8-11,15-19H,5-6H2,(H,14,20);8-10H,1-4H2,(H,11,12);/q-1;;-1;+2/t21-,22-,23+,24-;;;/m0.../s1. The van der Waals surface area contributed by atoms with Gasteiger partial charge in [-0.3, -0.25) is 48.3 Å². The topological polar surface area (TPSA) is 571 Å². The molecule has 1 aliphatic heterocycles. The minimum absolute atomic E-state index is 0.0394. The van der Waals surface area contributed by atoms with Gasteiger partial charge in [-0.1, -0.05) is 35.9 Å². The van der Waals surface area contributed by atoms with Crippen LogP contribution in [0.4, 0.5) is 5.82 Å². The molecule has 473 valence electrons. The van der Waals surface area contributed by atoms with Crippen LogP contribution in [-0.2, 0) is 58.7 Å². The summed E-state index contributed by atoms with van der Waals surface area (Å²) in [6, 6.07) is 9.36. The van der Waals surface area contributed by atoms with Crippen LogP contribution >= 0.6 is 0 Å². The second-order valence-electron chi connectivity index (χ2n) is 18.7. The third-order valence-corrected chi connectivity index (χ3v) is 12.3. The first-order chi connectivity index (χ1) is 40.9. The van der Waals surface area contributed by atoms with Gasteiger partial charge in [0.25, 0.3) is 11.9 Å². The molecule has 34 nitrogen and oxygen atoms in total. The zero-order chi connectivity index (χ0) is 64.2. The van der Waals surface area contributed by atoms with Crippen LogP contribution in [0.3, 0.4) is 0 Å². The maximum Gasteiger partial charge on any atom is 0.305 e. The molecule has 1 aromatic carbocycles. The summed E-state index contributed by atoms with van der Waals surface area (Å²) in [5.41, 5.74) is 10.6. The second-order valence-corrected chi connectivity index (χ2v) is 19.1. The number of hydrogen-bond donors (Lipinski definition) is 19. The number of aromatic nitrogens is 2. The number of aliphatic hydroxyl groups excluding tert-OH is 8. The van der Waals surface area contributed by atoms with Gasteiger partial charge in [0.2, 0.25) is 29.5 Å². The molecular weight excluding hydrogens is 1220 g/mol. The first-order valence-corrected chi connectivity index (χ1v) is 27.1. The molecule has 86 heavy (non-hydrogen) atoms. The van der Waals surface area contributed by atoms with Gasteiger partial charge in [-0.2, -0.15) is 0 Å². The van der Waals surface area contributed by atoms with Crippen LogP contribution in [0, 0.1) is 0 Å². The van der Waals surface area contributed by atoms with E-state index in [-0.39, 0.29) is 57.2 Å². The molecule has 0 aliphatic carbocycles. The smallest absolute Gasteiger partial charge is 0.305 e. The van der Waals surface area contributed by atoms with E-state index in [4.69, 9.17) is 42.1 Å². The van der Waals surface area contributed by atoms with Gasteiger partial charge in [-0.05, 0) is 37.1 Å². The number of aliphatic hydroxyl groups is 8. The fourth-order valence-corrected chi connectivity index (χ4v) is 7.45. The number of aliphatic carboxylic acids is 2. The van der Waals surface area contributed by atoms with Crippen molar-refractivity contribution in [3.63, 3.8) is 0 Å². The predicted molar refractivity (Wildman–Crippen MR) is 295 cm³/mol. The van der Waals surface area contributed by atoms with Crippen molar-refractivity contribution in [3.8, 4) is 0 Å². The third kappa shape index (κ3) is 28.1. The normalized spacial score (nSPS) is 17.8. The number of aliphatic imine (C=N–C) groups is 1. The van der Waals surface area contributed by atoms with E-state index < -0.39 is 147 Å². The number of carbonyl (C=O) groups excluding carboxylic acids is 7. The number of unbranched alkanes of at least 4 members (excludes halogenated alkanes) is 1. The maximum atomic E-state index is 13.9. The van der Waals surface area contributed by atoms with E-state index in [9.17, 15) is 63.6 Å². The van der Waals surface area contributed by atoms with Crippen molar-refractivity contribution in [1.29, 1.82) is 0 Å². The molecule has 0 spiro atoms. The van der Waals surface area contributed by atoms with Gasteiger partial charge in [0.1, 0.15) is 42.5 Å². The van der Waals surface area contributed by atoms with Crippen LogP contribution in [-0.4, -0.2) is 234 Å². The monoisotopic (exact) mass is 1300 g/mol. The Balaban J connectivity index is 0.000000638. The Morgan fingerprint density at radius 3 is 1.86 bits per heavy atom. The average Bonchev–Trinajstić information content (AvgIpc) is 3.72. The summed E-state index contributed by atoms with van der Waals surface area (Å²) in [6.07, 6.45) is -2.06. The molecule has 35 heteroatoms. The molecular formula is C51H73N15O19Tc. The van der Waals surface area contributed by atoms with E-state index >= 15 is 0 Å². The summed E-state index contributed by atoms with van der Waals surface area (Å²) in [7, 11) is 0. The van der Waals surface area contributed by atoms with Crippen molar-refractivity contribution < 1.29 is 113 Å². The predicted octanol–water partition coefficient (Wildman–Crippen LogP) is -6.89. The van der Waals surface area contributed by atoms with E-state index in [1.807, 2.05) is 0 Å². The number of pyridine rings is 2. The Hall–Kier alpha value is -8.18. The molecule has 1 fully saturated rings. The SMILES string of the molecule is NC(N)=NCCC[C@@H]1NC(=O)[C@H](CCCCNC(=O)c2ccc(N=[N+]=[Tc])nc2)NC(=O)[C@@H](Cc2ccccc2)NC(=O)[C@H](CC(=O)O)NC(=O)CNC1=O.O=C(NCC(O)C(O)C(O)C(O)CO)c1ccncc1.O=C(O)C[N-]C(CO)(CO)CO. The molecule has 0 saturated carbocycles. The van der Waals surface area contributed by atoms with Crippen LogP contribution in [0.2, 0.25) is 0 Å². The Morgan fingerprint density at radius 2 is 1.29 bits per heavy atom. The zero-order valence-corrected chi connectivity index (χ0v) is 48.1. The molecule has 2 aromatic heterocycles. The molecule has 0 bridgehead atoms. The Morgan fingerprint density at radius 1 is 0.709 bits per heavy atom. The zero-order valence-electron chi connectivity index (χ0n) is 46.2. The van der Waals surface area contributed by atoms with Gasteiger partial charge >= 0.3 is 110 Å². The van der Waals surface area contributed by atoms with Gasteiger partial charge in [0, 0.05) is 57.3 Å². The largest absolute Gasteiger partial charge is 0.642 e. The van der Waals surface area contributed by atoms with Crippen molar-refractivity contribution in [1.82, 2.24) is 50.6 Å². The third-order valence-electron chi connectivity index (χ3n) is 12.1. The van der Waals surface area contributed by atoms with Crippen LogP contribution < -0.4 is 52.1 Å². The molecule has 3 aromatic rings. The number of rotatable bonds is 28. The van der Waals surface area contributed by atoms with Crippen molar-refractivity contribution in [2.45, 2.75) is 99.1 Å². The van der Waals surface area contributed by atoms with Crippen molar-refractivity contribution in [2.24, 2.45) is 21.6 Å². The quantitative estimate of drug-likeness (QED) is 0.0106. The maximum absolute atomic E-state index is 13.9. The van der Waals surface area contributed by atoms with Gasteiger partial charge in [0.05, 0.1) is 25.7 Å². The van der Waals surface area contributed by atoms with Crippen molar-refractivity contribution in [2.75, 3.05) is 59.2 Å². The molecule has 4 unspecified atom stereocenters. The molecule has 1 aliphatic rings. The van der Waals surface area contributed by atoms with Crippen molar-refractivity contribution >= 4 is 65.1 Å². The van der Waals surface area contributed by atoms with Gasteiger partial charge in [-0.25, -0.2) is 0 Å². The molecule has 8 atom stereocenters. The van der Waals surface area contributed by atoms with E-state index in [0.29, 0.717) is 35.3 Å². The molecule has 1 saturated heterocycles. The van der Waals surface area contributed by atoms with Crippen LogP contribution in [0.5, 0.6) is 0 Å². The summed E-state index contributed by atoms with van der Waals surface area (Å²) >= 11 is 1.71. The minimum atomic E-state index is -1.71. The first kappa shape index (κ1) is 73.9. The number of nitrogens with one attached hydrogen (secondary N) is 7. The molecule has 21 N–H and O–H groups in total. The van der Waals surface area contributed by atoms with Gasteiger partial charge in [0.15, 0.2) is 5.96 Å². The minimum Gasteiger partial charge on any atom is -0.642 e. The fraction of sp³-hybridized carbons (Fsp3) is 0.490. The number of benzene rings is 1. The number of nitrogens with two attached hydrogens (primary N) is 2. The summed E-state index contributed by atoms with van der Waals surface area (Å²) < 4.78 is 3.60. The molecule has 3 heterocycles. The van der Waals surface area contributed by atoms with E-state index in [1.165, 1.54) is 36.8 Å². The van der Waals surface area contributed by atoms with Crippen LogP contribution in [0.1, 0.15) is 64.8 Å². The summed E-state index contributed by atoms with van der Waals surface area (Å²) in [5, 5.41) is 115. The number of carbonyl (C=O) groups is 9. The molecule has 7 amide bonds. The Bertz CT molecular complexity index is 2720. The summed E-state index contributed by atoms with van der Waals surface area (Å²) in [6.45, 7) is -3.65.